The summed E-state index contributed by atoms with van der Waals surface area (Å²) in [6.45, 7) is 2.03. The number of carbonyl (C=O) groups excluding carboxylic acids is 2. The van der Waals surface area contributed by atoms with Crippen molar-refractivity contribution in [1.82, 2.24) is 0 Å². The Labute approximate surface area is 169 Å². The number of para-hydroxylation sites is 1. The minimum Gasteiger partial charge on any atom is -0.872 e. The molecule has 1 fully saturated rings. The topological polar surface area (TPSA) is 63.7 Å². The van der Waals surface area contributed by atoms with Crippen LogP contribution in [0.5, 0.6) is 5.75 Å². The maximum Gasteiger partial charge on any atom is 1.00 e. The standard InChI is InChI=1S/C19H20N2O3.Na/c1-2-3-9-17-18(23)20(14-7-5-4-6-8-14)21(19(17)24)15-10-12-16(22)13-11-15;/h4-8,10-13,17,22H,2-3,9H2,1H3;/q;+1/p-1. The van der Waals surface area contributed by atoms with Gasteiger partial charge >= 0.3 is 29.6 Å². The molecule has 1 saturated heterocycles. The van der Waals surface area contributed by atoms with Crippen LogP contribution in [0.15, 0.2) is 54.6 Å². The van der Waals surface area contributed by atoms with Gasteiger partial charge in [0.2, 0.25) is 0 Å². The number of hydrogen-bond acceptors (Lipinski definition) is 3. The largest absolute Gasteiger partial charge is 1.00 e. The van der Waals surface area contributed by atoms with Gasteiger partial charge in [-0.15, -0.1) is 5.75 Å². The Balaban J connectivity index is 0.00000225. The molecule has 1 aliphatic heterocycles. The number of hydrazine groups is 1. The Hall–Kier alpha value is -1.82. The van der Waals surface area contributed by atoms with Crippen LogP contribution in [0.2, 0.25) is 0 Å². The average molecular weight is 346 g/mol. The summed E-state index contributed by atoms with van der Waals surface area (Å²) < 4.78 is 0. The second kappa shape index (κ2) is 8.52. The van der Waals surface area contributed by atoms with E-state index in [1.54, 1.807) is 24.3 Å². The van der Waals surface area contributed by atoms with Crippen LogP contribution in [-0.4, -0.2) is 11.8 Å². The summed E-state index contributed by atoms with van der Waals surface area (Å²) >= 11 is 0. The third kappa shape index (κ3) is 3.89. The van der Waals surface area contributed by atoms with E-state index in [4.69, 9.17) is 0 Å². The van der Waals surface area contributed by atoms with Crippen molar-refractivity contribution in [2.24, 2.45) is 5.92 Å². The Kier molecular flexibility index (Phi) is 6.64. The Morgan fingerprint density at radius 2 is 1.40 bits per heavy atom. The molecule has 25 heavy (non-hydrogen) atoms. The molecule has 1 aliphatic rings. The number of anilines is 2. The molecule has 3 rings (SSSR count). The molecule has 2 aromatic carbocycles. The molecule has 0 aliphatic carbocycles. The first-order valence-electron chi connectivity index (χ1n) is 8.13. The van der Waals surface area contributed by atoms with Gasteiger partial charge in [0, 0.05) is 0 Å². The first kappa shape index (κ1) is 19.5. The molecule has 2 aromatic rings. The van der Waals surface area contributed by atoms with E-state index in [1.807, 2.05) is 25.1 Å². The molecule has 0 N–H and O–H groups in total. The second-order valence-electron chi connectivity index (χ2n) is 5.82. The van der Waals surface area contributed by atoms with Crippen molar-refractivity contribution in [3.05, 3.63) is 54.6 Å². The summed E-state index contributed by atoms with van der Waals surface area (Å²) in [5, 5.41) is 14.2. The summed E-state index contributed by atoms with van der Waals surface area (Å²) in [7, 11) is 0. The van der Waals surface area contributed by atoms with E-state index >= 15 is 0 Å². The first-order chi connectivity index (χ1) is 11.6. The van der Waals surface area contributed by atoms with Crippen LogP contribution in [-0.2, 0) is 9.59 Å². The normalized spacial score (nSPS) is 16.9. The maximum absolute atomic E-state index is 12.9. The molecule has 1 atom stereocenters. The SMILES string of the molecule is CCCCC1C(=O)N(c2ccccc2)N(c2ccc([O-])cc2)C1=O.[Na+]. The fourth-order valence-electron chi connectivity index (χ4n) is 2.90. The van der Waals surface area contributed by atoms with Crippen LogP contribution in [0.25, 0.3) is 0 Å². The van der Waals surface area contributed by atoms with E-state index in [9.17, 15) is 14.7 Å². The van der Waals surface area contributed by atoms with Crippen LogP contribution in [0.4, 0.5) is 11.4 Å². The van der Waals surface area contributed by atoms with Crippen LogP contribution in [0, 0.1) is 5.92 Å². The van der Waals surface area contributed by atoms with E-state index in [0.717, 1.165) is 12.8 Å². The van der Waals surface area contributed by atoms with Gasteiger partial charge in [0.05, 0.1) is 11.4 Å². The van der Waals surface area contributed by atoms with Crippen molar-refractivity contribution < 1.29 is 44.3 Å². The summed E-state index contributed by atoms with van der Waals surface area (Å²) in [4.78, 5) is 25.8. The maximum atomic E-state index is 12.9. The molecule has 6 heteroatoms. The Bertz CT molecular complexity index is 734. The van der Waals surface area contributed by atoms with E-state index < -0.39 is 5.92 Å². The number of amides is 2. The quantitative estimate of drug-likeness (QED) is 0.559. The predicted molar refractivity (Wildman–Crippen MR) is 90.3 cm³/mol. The van der Waals surface area contributed by atoms with Gasteiger partial charge in [-0.2, -0.15) is 0 Å². The molecule has 0 spiro atoms. The van der Waals surface area contributed by atoms with Crippen LogP contribution < -0.4 is 44.7 Å². The number of nitrogens with zero attached hydrogens (tertiary/aromatic N) is 2. The molecular weight excluding hydrogens is 327 g/mol. The van der Waals surface area contributed by atoms with Crippen molar-refractivity contribution in [1.29, 1.82) is 0 Å². The van der Waals surface area contributed by atoms with Crippen LogP contribution >= 0.6 is 0 Å². The average Bonchev–Trinajstić information content (AvgIpc) is 2.85. The first-order valence-corrected chi connectivity index (χ1v) is 8.13. The van der Waals surface area contributed by atoms with E-state index in [0.29, 0.717) is 17.8 Å². The van der Waals surface area contributed by atoms with Gasteiger partial charge in [-0.1, -0.05) is 50.1 Å². The van der Waals surface area contributed by atoms with Crippen molar-refractivity contribution in [3.63, 3.8) is 0 Å². The van der Waals surface area contributed by atoms with Gasteiger partial charge in [0.15, 0.2) is 0 Å². The van der Waals surface area contributed by atoms with Gasteiger partial charge in [-0.05, 0) is 30.7 Å². The van der Waals surface area contributed by atoms with Crippen molar-refractivity contribution >= 4 is 23.2 Å². The molecule has 2 amide bonds. The van der Waals surface area contributed by atoms with E-state index in [1.165, 1.54) is 22.2 Å². The summed E-state index contributed by atoms with van der Waals surface area (Å²) in [5.74, 6) is -1.26. The van der Waals surface area contributed by atoms with E-state index in [-0.39, 0.29) is 47.1 Å². The molecule has 0 radical (unpaired) electrons. The molecular formula is C19H19N2NaO3. The molecule has 0 bridgehead atoms. The molecule has 124 valence electrons. The summed E-state index contributed by atoms with van der Waals surface area (Å²) in [6.07, 6.45) is 2.28. The third-order valence-corrected chi connectivity index (χ3v) is 4.14. The number of benzene rings is 2. The molecule has 0 aromatic heterocycles. The van der Waals surface area contributed by atoms with Crippen LogP contribution in [0.3, 0.4) is 0 Å². The van der Waals surface area contributed by atoms with E-state index in [2.05, 4.69) is 0 Å². The van der Waals surface area contributed by atoms with Crippen molar-refractivity contribution in [3.8, 4) is 5.75 Å². The number of rotatable bonds is 5. The monoisotopic (exact) mass is 346 g/mol. The summed E-state index contributed by atoms with van der Waals surface area (Å²) in [6, 6.07) is 15.0. The minimum absolute atomic E-state index is 0. The van der Waals surface area contributed by atoms with Crippen molar-refractivity contribution in [2.45, 2.75) is 26.2 Å². The number of hydrogen-bond donors (Lipinski definition) is 0. The van der Waals surface area contributed by atoms with Gasteiger partial charge in [-0.25, -0.2) is 10.0 Å². The summed E-state index contributed by atoms with van der Waals surface area (Å²) in [5.41, 5.74) is 1.16. The zero-order valence-corrected chi connectivity index (χ0v) is 16.5. The zero-order valence-electron chi connectivity index (χ0n) is 14.5. The predicted octanol–water partition coefficient (Wildman–Crippen LogP) is -0.135. The third-order valence-electron chi connectivity index (χ3n) is 4.14. The fraction of sp³-hybridized carbons (Fsp3) is 0.263. The minimum atomic E-state index is -0.669. The second-order valence-corrected chi connectivity index (χ2v) is 5.82. The Morgan fingerprint density at radius 3 is 1.92 bits per heavy atom. The molecule has 0 saturated carbocycles. The molecule has 5 nitrogen and oxygen atoms in total. The van der Waals surface area contributed by atoms with Gasteiger partial charge < -0.3 is 5.11 Å². The smallest absolute Gasteiger partial charge is 0.872 e. The zero-order chi connectivity index (χ0) is 17.1. The molecule has 1 unspecified atom stereocenters. The van der Waals surface area contributed by atoms with Gasteiger partial charge in [0.25, 0.3) is 11.8 Å². The van der Waals surface area contributed by atoms with Crippen molar-refractivity contribution in [2.75, 3.05) is 10.0 Å². The van der Waals surface area contributed by atoms with Crippen LogP contribution in [0.1, 0.15) is 26.2 Å². The number of unbranched alkanes of at least 4 members (excludes halogenated alkanes) is 1. The number of carbonyl (C=O) groups is 2. The van der Waals surface area contributed by atoms with Gasteiger partial charge in [0.1, 0.15) is 5.92 Å². The Morgan fingerprint density at radius 1 is 0.880 bits per heavy atom. The molecule has 1 heterocycles. The van der Waals surface area contributed by atoms with Gasteiger partial charge in [-0.3, -0.25) is 9.59 Å². The fourth-order valence-corrected chi connectivity index (χ4v) is 2.90.